The summed E-state index contributed by atoms with van der Waals surface area (Å²) in [7, 11) is 3.48. The Morgan fingerprint density at radius 2 is 1.74 bits per heavy atom. The van der Waals surface area contributed by atoms with Crippen LogP contribution in [0.2, 0.25) is 0 Å². The van der Waals surface area contributed by atoms with Crippen LogP contribution in [0, 0.1) is 13.8 Å². The number of para-hydroxylation sites is 1. The van der Waals surface area contributed by atoms with Gasteiger partial charge in [0, 0.05) is 26.3 Å². The van der Waals surface area contributed by atoms with Gasteiger partial charge in [-0.2, -0.15) is 5.10 Å². The quantitative estimate of drug-likeness (QED) is 0.457. The van der Waals surface area contributed by atoms with E-state index in [9.17, 15) is 4.79 Å². The molecule has 3 rings (SSSR count). The highest BCUT2D eigenvalue weighted by Crippen LogP contribution is 2.17. The number of rotatable bonds is 7. The molecule has 0 aliphatic heterocycles. The number of carbonyl (C=O) groups is 1. The number of aliphatic imine (C=N–C) groups is 1. The minimum Gasteiger partial charge on any atom is -0.352 e. The Labute approximate surface area is 183 Å². The number of likely N-dealkylation sites (N-methyl/N-ethyl adjacent to an activating group) is 1. The number of hydrogen-bond acceptors (Lipinski definition) is 3. The summed E-state index contributed by atoms with van der Waals surface area (Å²) in [5.41, 5.74) is 5.27. The smallest absolute Gasteiger partial charge is 0.241 e. The highest BCUT2D eigenvalue weighted by Gasteiger charge is 2.10. The lowest BCUT2D eigenvalue weighted by atomic mass is 10.1. The second-order valence-corrected chi connectivity index (χ2v) is 7.61. The van der Waals surface area contributed by atoms with Crippen LogP contribution >= 0.6 is 0 Å². The third kappa shape index (κ3) is 6.18. The average molecular weight is 419 g/mol. The maximum atomic E-state index is 12.0. The van der Waals surface area contributed by atoms with Gasteiger partial charge in [0.1, 0.15) is 0 Å². The number of nitrogens with one attached hydrogen (secondary N) is 2. The molecular weight excluding hydrogens is 388 g/mol. The van der Waals surface area contributed by atoms with Crippen LogP contribution < -0.4 is 10.6 Å². The molecule has 0 saturated heterocycles. The van der Waals surface area contributed by atoms with E-state index in [1.165, 1.54) is 0 Å². The Balaban J connectivity index is 1.77. The summed E-state index contributed by atoms with van der Waals surface area (Å²) in [4.78, 5) is 18.3. The molecule has 162 valence electrons. The molecule has 0 unspecified atom stereocenters. The lowest BCUT2D eigenvalue weighted by Crippen LogP contribution is -2.42. The van der Waals surface area contributed by atoms with Crippen molar-refractivity contribution in [3.8, 4) is 5.69 Å². The van der Waals surface area contributed by atoms with E-state index in [1.54, 1.807) is 19.0 Å². The summed E-state index contributed by atoms with van der Waals surface area (Å²) in [6, 6.07) is 20.2. The topological polar surface area (TPSA) is 74.6 Å². The molecule has 0 saturated carbocycles. The lowest BCUT2D eigenvalue weighted by Gasteiger charge is -2.16. The Hall–Kier alpha value is -3.61. The second-order valence-electron chi connectivity index (χ2n) is 7.61. The highest BCUT2D eigenvalue weighted by molar-refractivity contribution is 5.86. The molecule has 0 aliphatic rings. The van der Waals surface area contributed by atoms with Gasteiger partial charge in [-0.3, -0.25) is 4.79 Å². The lowest BCUT2D eigenvalue weighted by molar-refractivity contribution is -0.127. The zero-order valence-electron chi connectivity index (χ0n) is 18.6. The van der Waals surface area contributed by atoms with Crippen molar-refractivity contribution in [2.45, 2.75) is 26.9 Å². The molecule has 3 aromatic rings. The predicted octanol–water partition coefficient (Wildman–Crippen LogP) is 2.81. The van der Waals surface area contributed by atoms with Crippen molar-refractivity contribution in [1.82, 2.24) is 25.3 Å². The Morgan fingerprint density at radius 1 is 1.03 bits per heavy atom. The average Bonchev–Trinajstić information content (AvgIpc) is 3.11. The summed E-state index contributed by atoms with van der Waals surface area (Å²) in [5.74, 6) is 0.569. The van der Waals surface area contributed by atoms with Crippen LogP contribution in [-0.4, -0.2) is 47.2 Å². The van der Waals surface area contributed by atoms with E-state index in [0.717, 1.165) is 28.2 Å². The third-order valence-corrected chi connectivity index (χ3v) is 4.84. The maximum absolute atomic E-state index is 12.0. The van der Waals surface area contributed by atoms with E-state index in [2.05, 4.69) is 38.9 Å². The number of benzene rings is 2. The van der Waals surface area contributed by atoms with Crippen molar-refractivity contribution in [2.75, 3.05) is 20.6 Å². The Morgan fingerprint density at radius 3 is 2.42 bits per heavy atom. The van der Waals surface area contributed by atoms with Gasteiger partial charge in [-0.1, -0.05) is 48.5 Å². The van der Waals surface area contributed by atoms with Crippen molar-refractivity contribution < 1.29 is 4.79 Å². The molecule has 0 spiro atoms. The standard InChI is InChI=1S/C24H30N6O/c1-18-14-19(2)30(28-18)22-13-9-8-12-21(22)16-26-24(27-17-23(31)29(3)4)25-15-20-10-6-5-7-11-20/h5-14H,15-17H2,1-4H3,(H2,25,26,27). The van der Waals surface area contributed by atoms with Gasteiger partial charge in [0.05, 0.1) is 24.5 Å². The van der Waals surface area contributed by atoms with E-state index in [4.69, 9.17) is 0 Å². The van der Waals surface area contributed by atoms with E-state index >= 15 is 0 Å². The number of hydrogen-bond donors (Lipinski definition) is 2. The van der Waals surface area contributed by atoms with E-state index in [-0.39, 0.29) is 12.5 Å². The third-order valence-electron chi connectivity index (χ3n) is 4.84. The molecule has 2 N–H and O–H groups in total. The van der Waals surface area contributed by atoms with Crippen LogP contribution in [0.5, 0.6) is 0 Å². The Bertz CT molecular complexity index is 1040. The molecule has 1 heterocycles. The molecule has 7 nitrogen and oxygen atoms in total. The largest absolute Gasteiger partial charge is 0.352 e. The molecule has 0 aliphatic carbocycles. The van der Waals surface area contributed by atoms with Crippen LogP contribution in [0.3, 0.4) is 0 Å². The van der Waals surface area contributed by atoms with Gasteiger partial charge in [0.15, 0.2) is 5.96 Å². The van der Waals surface area contributed by atoms with Gasteiger partial charge in [-0.25, -0.2) is 9.67 Å². The first kappa shape index (κ1) is 22.1. The molecule has 0 radical (unpaired) electrons. The molecule has 0 fully saturated rings. The molecule has 7 heteroatoms. The van der Waals surface area contributed by atoms with E-state index in [0.29, 0.717) is 19.0 Å². The Kier molecular flexibility index (Phi) is 7.43. The predicted molar refractivity (Wildman–Crippen MR) is 124 cm³/mol. The highest BCUT2D eigenvalue weighted by atomic mass is 16.2. The van der Waals surface area contributed by atoms with Gasteiger partial charge >= 0.3 is 0 Å². The van der Waals surface area contributed by atoms with Crippen molar-refractivity contribution >= 4 is 11.9 Å². The number of aromatic nitrogens is 2. The van der Waals surface area contributed by atoms with Crippen molar-refractivity contribution in [2.24, 2.45) is 4.99 Å². The molecule has 0 atom stereocenters. The first-order valence-electron chi connectivity index (χ1n) is 10.3. The fraction of sp³-hybridized carbons (Fsp3) is 0.292. The van der Waals surface area contributed by atoms with Crippen molar-refractivity contribution in [3.05, 3.63) is 83.2 Å². The fourth-order valence-electron chi connectivity index (χ4n) is 3.16. The van der Waals surface area contributed by atoms with Crippen LogP contribution in [0.15, 0.2) is 65.7 Å². The summed E-state index contributed by atoms with van der Waals surface area (Å²) in [6.45, 7) is 5.28. The molecule has 1 aromatic heterocycles. The maximum Gasteiger partial charge on any atom is 0.241 e. The van der Waals surface area contributed by atoms with Gasteiger partial charge in [-0.05, 0) is 37.1 Å². The first-order valence-corrected chi connectivity index (χ1v) is 10.3. The van der Waals surface area contributed by atoms with Crippen LogP contribution in [-0.2, 0) is 17.9 Å². The summed E-state index contributed by atoms with van der Waals surface area (Å²) >= 11 is 0. The van der Waals surface area contributed by atoms with Crippen LogP contribution in [0.25, 0.3) is 5.69 Å². The molecule has 2 aromatic carbocycles. The van der Waals surface area contributed by atoms with E-state index in [1.807, 2.05) is 61.0 Å². The molecule has 0 bridgehead atoms. The SMILES string of the molecule is Cc1cc(C)n(-c2ccccc2CNC(=NCc2ccccc2)NCC(=O)N(C)C)n1. The van der Waals surface area contributed by atoms with Gasteiger partial charge < -0.3 is 15.5 Å². The summed E-state index contributed by atoms with van der Waals surface area (Å²) < 4.78 is 1.95. The summed E-state index contributed by atoms with van der Waals surface area (Å²) in [5, 5.41) is 11.1. The van der Waals surface area contributed by atoms with Crippen LogP contribution in [0.4, 0.5) is 0 Å². The summed E-state index contributed by atoms with van der Waals surface area (Å²) in [6.07, 6.45) is 0. The monoisotopic (exact) mass is 418 g/mol. The van der Waals surface area contributed by atoms with Crippen molar-refractivity contribution in [3.63, 3.8) is 0 Å². The molecule has 1 amide bonds. The minimum atomic E-state index is -0.0164. The number of amides is 1. The normalized spacial score (nSPS) is 11.3. The number of carbonyl (C=O) groups excluding carboxylic acids is 1. The molecule has 31 heavy (non-hydrogen) atoms. The fourth-order valence-corrected chi connectivity index (χ4v) is 3.16. The first-order chi connectivity index (χ1) is 14.9. The zero-order chi connectivity index (χ0) is 22.2. The number of nitrogens with zero attached hydrogens (tertiary/aromatic N) is 4. The zero-order valence-corrected chi connectivity index (χ0v) is 18.6. The molecular formula is C24H30N6O. The van der Waals surface area contributed by atoms with Gasteiger partial charge in [0.2, 0.25) is 5.91 Å². The minimum absolute atomic E-state index is 0.0164. The second kappa shape index (κ2) is 10.4. The van der Waals surface area contributed by atoms with Crippen molar-refractivity contribution in [1.29, 1.82) is 0 Å². The van der Waals surface area contributed by atoms with Gasteiger partial charge in [0.25, 0.3) is 0 Å². The number of guanidine groups is 1. The van der Waals surface area contributed by atoms with Crippen LogP contribution in [0.1, 0.15) is 22.5 Å². The van der Waals surface area contributed by atoms with Gasteiger partial charge in [-0.15, -0.1) is 0 Å². The van der Waals surface area contributed by atoms with E-state index < -0.39 is 0 Å². The number of aryl methyl sites for hydroxylation is 2.